The SMILES string of the molecule is CNC(=O)C1CN(C(=O)COC(=O)[C@@H](NC(=O)c2ccco2)C(C)C)c2ccccc2O1. The molecular formula is C22H25N3O7. The average molecular weight is 443 g/mol. The van der Waals surface area contributed by atoms with Crippen LogP contribution in [0.2, 0.25) is 0 Å². The van der Waals surface area contributed by atoms with Gasteiger partial charge < -0.3 is 29.4 Å². The fourth-order valence-corrected chi connectivity index (χ4v) is 3.19. The van der Waals surface area contributed by atoms with E-state index >= 15 is 0 Å². The van der Waals surface area contributed by atoms with Gasteiger partial charge >= 0.3 is 5.97 Å². The van der Waals surface area contributed by atoms with Gasteiger partial charge in [-0.05, 0) is 30.2 Å². The smallest absolute Gasteiger partial charge is 0.329 e. The number of nitrogens with one attached hydrogen (secondary N) is 2. The molecule has 170 valence electrons. The van der Waals surface area contributed by atoms with Gasteiger partial charge in [0.25, 0.3) is 17.7 Å². The van der Waals surface area contributed by atoms with Crippen molar-refractivity contribution in [2.45, 2.75) is 26.0 Å². The predicted molar refractivity (Wildman–Crippen MR) is 113 cm³/mol. The van der Waals surface area contributed by atoms with E-state index in [9.17, 15) is 19.2 Å². The fourth-order valence-electron chi connectivity index (χ4n) is 3.19. The summed E-state index contributed by atoms with van der Waals surface area (Å²) < 4.78 is 15.9. The van der Waals surface area contributed by atoms with Crippen molar-refractivity contribution >= 4 is 29.4 Å². The lowest BCUT2D eigenvalue weighted by Gasteiger charge is -2.34. The lowest BCUT2D eigenvalue weighted by Crippen LogP contribution is -2.51. The van der Waals surface area contributed by atoms with Gasteiger partial charge in [0.2, 0.25) is 0 Å². The van der Waals surface area contributed by atoms with Gasteiger partial charge in [0.1, 0.15) is 11.8 Å². The normalized spacial score (nSPS) is 15.9. The van der Waals surface area contributed by atoms with Crippen molar-refractivity contribution in [3.63, 3.8) is 0 Å². The molecule has 0 spiro atoms. The number of benzene rings is 1. The standard InChI is InChI=1S/C22H25N3O7/c1-13(2)19(24-21(28)16-9-6-10-30-16)22(29)31-12-18(26)25-11-17(20(27)23-3)32-15-8-5-4-7-14(15)25/h4-10,13,17,19H,11-12H2,1-3H3,(H,23,27)(H,24,28)/t17?,19-/m0/s1. The highest BCUT2D eigenvalue weighted by Gasteiger charge is 2.34. The van der Waals surface area contributed by atoms with Gasteiger partial charge in [-0.3, -0.25) is 14.4 Å². The van der Waals surface area contributed by atoms with E-state index in [2.05, 4.69) is 10.6 Å². The summed E-state index contributed by atoms with van der Waals surface area (Å²) in [6, 6.07) is 8.83. The van der Waals surface area contributed by atoms with Crippen LogP contribution in [-0.2, 0) is 19.1 Å². The van der Waals surface area contributed by atoms with Crippen LogP contribution in [-0.4, -0.2) is 56.0 Å². The van der Waals surface area contributed by atoms with Crippen LogP contribution in [0.25, 0.3) is 0 Å². The second kappa shape index (κ2) is 9.99. The number of hydrogen-bond acceptors (Lipinski definition) is 7. The van der Waals surface area contributed by atoms with Crippen molar-refractivity contribution in [3.05, 3.63) is 48.4 Å². The van der Waals surface area contributed by atoms with E-state index in [-0.39, 0.29) is 24.1 Å². The Balaban J connectivity index is 1.67. The summed E-state index contributed by atoms with van der Waals surface area (Å²) in [6.07, 6.45) is 0.452. The van der Waals surface area contributed by atoms with Crippen molar-refractivity contribution in [2.24, 2.45) is 5.92 Å². The average Bonchev–Trinajstić information content (AvgIpc) is 3.34. The van der Waals surface area contributed by atoms with Crippen molar-refractivity contribution in [1.29, 1.82) is 0 Å². The molecule has 10 heteroatoms. The number of hydrogen-bond donors (Lipinski definition) is 2. The Morgan fingerprint density at radius 1 is 1.16 bits per heavy atom. The number of nitrogens with zero attached hydrogens (tertiary/aromatic N) is 1. The number of esters is 1. The first-order valence-corrected chi connectivity index (χ1v) is 10.1. The third-order valence-electron chi connectivity index (χ3n) is 4.90. The number of amides is 3. The van der Waals surface area contributed by atoms with Crippen LogP contribution in [0, 0.1) is 5.92 Å². The van der Waals surface area contributed by atoms with E-state index in [1.54, 1.807) is 44.2 Å². The Labute approximate surface area is 184 Å². The van der Waals surface area contributed by atoms with Gasteiger partial charge in [-0.25, -0.2) is 4.79 Å². The monoisotopic (exact) mass is 443 g/mol. The van der Waals surface area contributed by atoms with Crippen molar-refractivity contribution < 1.29 is 33.1 Å². The number of furan rings is 1. The number of para-hydroxylation sites is 2. The van der Waals surface area contributed by atoms with Crippen LogP contribution in [0.4, 0.5) is 5.69 Å². The molecule has 1 aromatic carbocycles. The number of likely N-dealkylation sites (N-methyl/N-ethyl adjacent to an activating group) is 1. The zero-order valence-corrected chi connectivity index (χ0v) is 18.0. The molecule has 1 unspecified atom stereocenters. The molecule has 32 heavy (non-hydrogen) atoms. The van der Waals surface area contributed by atoms with E-state index in [4.69, 9.17) is 13.9 Å². The third kappa shape index (κ3) is 5.08. The second-order valence-corrected chi connectivity index (χ2v) is 7.47. The Morgan fingerprint density at radius 2 is 1.91 bits per heavy atom. The molecule has 1 aliphatic rings. The minimum atomic E-state index is -0.976. The molecule has 3 rings (SSSR count). The van der Waals surface area contributed by atoms with Crippen LogP contribution in [0.3, 0.4) is 0 Å². The number of fused-ring (bicyclic) bond motifs is 1. The minimum Gasteiger partial charge on any atom is -0.477 e. The molecule has 2 N–H and O–H groups in total. The second-order valence-electron chi connectivity index (χ2n) is 7.47. The molecular weight excluding hydrogens is 418 g/mol. The van der Waals surface area contributed by atoms with Gasteiger partial charge in [-0.2, -0.15) is 0 Å². The summed E-state index contributed by atoms with van der Waals surface area (Å²) in [4.78, 5) is 51.1. The maximum Gasteiger partial charge on any atom is 0.329 e. The predicted octanol–water partition coefficient (Wildman–Crippen LogP) is 1.12. The summed E-state index contributed by atoms with van der Waals surface area (Å²) in [5.41, 5.74) is 0.472. The van der Waals surface area contributed by atoms with E-state index in [0.29, 0.717) is 11.4 Å². The summed E-state index contributed by atoms with van der Waals surface area (Å²) in [6.45, 7) is 2.88. The van der Waals surface area contributed by atoms with Gasteiger partial charge in [0.15, 0.2) is 18.5 Å². The summed E-state index contributed by atoms with van der Waals surface area (Å²) >= 11 is 0. The fraction of sp³-hybridized carbons (Fsp3) is 0.364. The van der Waals surface area contributed by atoms with E-state index in [1.807, 2.05) is 0 Å². The highest BCUT2D eigenvalue weighted by molar-refractivity contribution is 5.99. The lowest BCUT2D eigenvalue weighted by molar-refractivity contribution is -0.151. The molecule has 0 saturated carbocycles. The molecule has 0 saturated heterocycles. The van der Waals surface area contributed by atoms with Gasteiger partial charge in [0, 0.05) is 7.05 Å². The van der Waals surface area contributed by atoms with Crippen molar-refractivity contribution in [2.75, 3.05) is 25.1 Å². The van der Waals surface area contributed by atoms with Crippen LogP contribution >= 0.6 is 0 Å². The molecule has 2 atom stereocenters. The van der Waals surface area contributed by atoms with Crippen LogP contribution in [0.15, 0.2) is 47.1 Å². The Kier molecular flexibility index (Phi) is 7.14. The molecule has 1 aromatic heterocycles. The van der Waals surface area contributed by atoms with Gasteiger partial charge in [-0.1, -0.05) is 26.0 Å². The number of carbonyl (C=O) groups excluding carboxylic acids is 4. The molecule has 0 radical (unpaired) electrons. The molecule has 3 amide bonds. The van der Waals surface area contributed by atoms with Crippen molar-refractivity contribution in [3.8, 4) is 5.75 Å². The number of rotatable bonds is 7. The zero-order valence-electron chi connectivity index (χ0n) is 18.0. The lowest BCUT2D eigenvalue weighted by atomic mass is 10.0. The summed E-state index contributed by atoms with van der Waals surface area (Å²) in [5, 5.41) is 5.06. The Hall–Kier alpha value is -3.82. The Bertz CT molecular complexity index is 987. The van der Waals surface area contributed by atoms with Crippen LogP contribution in [0.5, 0.6) is 5.75 Å². The van der Waals surface area contributed by atoms with Gasteiger partial charge in [-0.15, -0.1) is 0 Å². The molecule has 2 aromatic rings. The first-order valence-electron chi connectivity index (χ1n) is 10.1. The number of ether oxygens (including phenoxy) is 2. The molecule has 2 heterocycles. The number of anilines is 1. The first kappa shape index (κ1) is 22.9. The van der Waals surface area contributed by atoms with Crippen molar-refractivity contribution in [1.82, 2.24) is 10.6 Å². The van der Waals surface area contributed by atoms with E-state index < -0.39 is 36.5 Å². The molecule has 10 nitrogen and oxygen atoms in total. The molecule has 0 aliphatic carbocycles. The van der Waals surface area contributed by atoms with Gasteiger partial charge in [0.05, 0.1) is 18.5 Å². The third-order valence-corrected chi connectivity index (χ3v) is 4.90. The Morgan fingerprint density at radius 3 is 2.56 bits per heavy atom. The maximum absolute atomic E-state index is 12.9. The molecule has 0 bridgehead atoms. The quantitative estimate of drug-likeness (QED) is 0.614. The number of carbonyl (C=O) groups is 4. The zero-order chi connectivity index (χ0) is 23.3. The van der Waals surface area contributed by atoms with Crippen LogP contribution < -0.4 is 20.3 Å². The molecule has 0 fully saturated rings. The largest absolute Gasteiger partial charge is 0.477 e. The summed E-state index contributed by atoms with van der Waals surface area (Å²) in [7, 11) is 1.48. The van der Waals surface area contributed by atoms with Crippen LogP contribution in [0.1, 0.15) is 24.4 Å². The van der Waals surface area contributed by atoms with E-state index in [0.717, 1.165) is 0 Å². The summed E-state index contributed by atoms with van der Waals surface area (Å²) in [5.74, 6) is -2.08. The van der Waals surface area contributed by atoms with E-state index in [1.165, 1.54) is 24.3 Å². The maximum atomic E-state index is 12.9. The highest BCUT2D eigenvalue weighted by Crippen LogP contribution is 2.33. The minimum absolute atomic E-state index is 0.0318. The highest BCUT2D eigenvalue weighted by atomic mass is 16.5. The first-order chi connectivity index (χ1) is 15.3. The topological polar surface area (TPSA) is 127 Å². The molecule has 1 aliphatic heterocycles.